The Labute approximate surface area is 259 Å². The zero-order valence-corrected chi connectivity index (χ0v) is 25.1. The Kier molecular flexibility index (Phi) is 7.96. The molecule has 9 nitrogen and oxygen atoms in total. The third-order valence-corrected chi connectivity index (χ3v) is 8.22. The number of halogens is 1. The number of pyridine rings is 2. The molecule has 45 heavy (non-hydrogen) atoms. The number of carbonyl (C=O) groups is 1. The lowest BCUT2D eigenvalue weighted by Gasteiger charge is -2.15. The van der Waals surface area contributed by atoms with E-state index in [0.717, 1.165) is 70.4 Å². The summed E-state index contributed by atoms with van der Waals surface area (Å²) in [5, 5.41) is 12.5. The first kappa shape index (κ1) is 28.7. The second-order valence-corrected chi connectivity index (χ2v) is 11.5. The highest BCUT2D eigenvalue weighted by Crippen LogP contribution is 2.35. The fourth-order valence-electron chi connectivity index (χ4n) is 6.01. The van der Waals surface area contributed by atoms with E-state index in [1.165, 1.54) is 25.0 Å². The van der Waals surface area contributed by atoms with Gasteiger partial charge in [-0.3, -0.25) is 24.8 Å². The molecule has 7 rings (SSSR count). The summed E-state index contributed by atoms with van der Waals surface area (Å²) < 4.78 is 20.7. The molecule has 0 spiro atoms. The average Bonchev–Trinajstić information content (AvgIpc) is 3.80. The smallest absolute Gasteiger partial charge is 0.224 e. The van der Waals surface area contributed by atoms with Crippen molar-refractivity contribution in [3.8, 4) is 39.5 Å². The third-order valence-electron chi connectivity index (χ3n) is 8.22. The van der Waals surface area contributed by atoms with E-state index in [1.54, 1.807) is 18.6 Å². The summed E-state index contributed by atoms with van der Waals surface area (Å²) in [6.07, 6.45) is 8.83. The van der Waals surface area contributed by atoms with Crippen LogP contribution in [0, 0.1) is 5.82 Å². The second-order valence-electron chi connectivity index (χ2n) is 11.5. The molecule has 1 fully saturated rings. The molecule has 1 aliphatic rings. The lowest BCUT2D eigenvalue weighted by atomic mass is 10.0. The molecule has 1 aliphatic heterocycles. The molecule has 0 saturated carbocycles. The number of likely N-dealkylation sites (tertiary alicyclic amines) is 1. The number of nitrogens with one attached hydrogen (secondary N) is 3. The van der Waals surface area contributed by atoms with Gasteiger partial charge < -0.3 is 15.0 Å². The van der Waals surface area contributed by atoms with Gasteiger partial charge in [-0.05, 0) is 80.4 Å². The Bertz CT molecular complexity index is 1990. The van der Waals surface area contributed by atoms with Gasteiger partial charge in [-0.2, -0.15) is 5.10 Å². The van der Waals surface area contributed by atoms with Crippen LogP contribution >= 0.6 is 0 Å². The fourth-order valence-corrected chi connectivity index (χ4v) is 6.01. The van der Waals surface area contributed by atoms with Crippen LogP contribution in [0.1, 0.15) is 32.6 Å². The van der Waals surface area contributed by atoms with Gasteiger partial charge in [0.2, 0.25) is 5.91 Å². The van der Waals surface area contributed by atoms with Crippen molar-refractivity contribution in [1.82, 2.24) is 30.0 Å². The Balaban J connectivity index is 1.19. The van der Waals surface area contributed by atoms with E-state index in [9.17, 15) is 9.18 Å². The number of aromatic nitrogens is 5. The molecule has 0 atom stereocenters. The van der Waals surface area contributed by atoms with Crippen molar-refractivity contribution in [1.29, 1.82) is 0 Å². The number of aromatic amines is 2. The summed E-state index contributed by atoms with van der Waals surface area (Å²) in [6, 6.07) is 16.6. The largest absolute Gasteiger partial charge is 0.492 e. The van der Waals surface area contributed by atoms with Gasteiger partial charge in [0, 0.05) is 58.8 Å². The molecule has 3 N–H and O–H groups in total. The zero-order valence-electron chi connectivity index (χ0n) is 25.1. The number of H-pyrrole nitrogens is 2. The minimum absolute atomic E-state index is 0.0313. The van der Waals surface area contributed by atoms with Crippen LogP contribution in [0.25, 0.3) is 55.6 Å². The minimum atomic E-state index is -0.368. The molecule has 1 saturated heterocycles. The second kappa shape index (κ2) is 12.5. The van der Waals surface area contributed by atoms with E-state index < -0.39 is 0 Å². The van der Waals surface area contributed by atoms with Gasteiger partial charge >= 0.3 is 0 Å². The summed E-state index contributed by atoms with van der Waals surface area (Å²) in [5.74, 6) is 0.0943. The molecule has 0 aliphatic carbocycles. The zero-order chi connectivity index (χ0) is 30.8. The Hall–Kier alpha value is -5.09. The molecule has 0 radical (unpaired) electrons. The molecule has 2 aromatic carbocycles. The molecule has 6 aromatic rings. The molecule has 228 valence electrons. The van der Waals surface area contributed by atoms with Crippen molar-refractivity contribution >= 4 is 33.4 Å². The summed E-state index contributed by atoms with van der Waals surface area (Å²) in [5.41, 5.74) is 7.09. The topological polar surface area (TPSA) is 112 Å². The molecule has 5 heterocycles. The Morgan fingerprint density at radius 1 is 0.956 bits per heavy atom. The predicted octanol–water partition coefficient (Wildman–Crippen LogP) is 7.19. The maximum Gasteiger partial charge on any atom is 0.224 e. The van der Waals surface area contributed by atoms with Crippen LogP contribution in [0.5, 0.6) is 5.75 Å². The highest BCUT2D eigenvalue weighted by Gasteiger charge is 2.17. The first-order valence-electron chi connectivity index (χ1n) is 15.4. The van der Waals surface area contributed by atoms with Crippen LogP contribution in [0.3, 0.4) is 0 Å². The number of ether oxygens (including phenoxy) is 1. The number of hydrogen-bond donors (Lipinski definition) is 3. The maximum atomic E-state index is 14.8. The first-order valence-corrected chi connectivity index (χ1v) is 15.4. The van der Waals surface area contributed by atoms with Crippen molar-refractivity contribution in [2.45, 2.75) is 32.6 Å². The number of anilines is 1. The fraction of sp³-hybridized carbons (Fsp3) is 0.257. The van der Waals surface area contributed by atoms with Gasteiger partial charge in [-0.15, -0.1) is 0 Å². The maximum absolute atomic E-state index is 14.8. The number of benzene rings is 2. The van der Waals surface area contributed by atoms with E-state index in [-0.39, 0.29) is 11.7 Å². The monoisotopic (exact) mass is 603 g/mol. The number of amides is 1. The van der Waals surface area contributed by atoms with Gasteiger partial charge in [-0.1, -0.05) is 13.0 Å². The number of carbonyl (C=O) groups excluding carboxylic acids is 1. The molecular weight excluding hydrogens is 569 g/mol. The molecule has 10 heteroatoms. The number of nitrogens with zero attached hydrogens (tertiary/aromatic N) is 4. The van der Waals surface area contributed by atoms with Gasteiger partial charge in [0.1, 0.15) is 23.9 Å². The highest BCUT2D eigenvalue weighted by molar-refractivity contribution is 6.01. The lowest BCUT2D eigenvalue weighted by molar-refractivity contribution is -0.116. The van der Waals surface area contributed by atoms with Crippen molar-refractivity contribution in [3.05, 3.63) is 79.0 Å². The van der Waals surface area contributed by atoms with Crippen LogP contribution in [-0.4, -0.2) is 62.2 Å². The van der Waals surface area contributed by atoms with E-state index in [0.29, 0.717) is 35.7 Å². The van der Waals surface area contributed by atoms with E-state index in [4.69, 9.17) is 4.74 Å². The van der Waals surface area contributed by atoms with Gasteiger partial charge in [-0.25, -0.2) is 4.39 Å². The van der Waals surface area contributed by atoms with Gasteiger partial charge in [0.25, 0.3) is 0 Å². The lowest BCUT2D eigenvalue weighted by Crippen LogP contribution is -2.25. The number of fused-ring (bicyclic) bond motifs is 2. The summed E-state index contributed by atoms with van der Waals surface area (Å²) >= 11 is 0. The van der Waals surface area contributed by atoms with Crippen LogP contribution in [0.2, 0.25) is 0 Å². The van der Waals surface area contributed by atoms with E-state index in [2.05, 4.69) is 41.4 Å². The normalized spacial score (nSPS) is 13.6. The summed E-state index contributed by atoms with van der Waals surface area (Å²) in [6.45, 7) is 5.50. The Morgan fingerprint density at radius 3 is 2.69 bits per heavy atom. The SMILES string of the molecule is CCCC(=O)Nc1cncc(-c2ccc3[nH]nc(-c4cc5c(-c6cc(F)cc(OCCN7CCCC7)c6)nccc5[nH]4)c3c2)c1. The van der Waals surface area contributed by atoms with Crippen molar-refractivity contribution < 1.29 is 13.9 Å². The number of hydrogen-bond acceptors (Lipinski definition) is 6. The molecule has 1 amide bonds. The highest BCUT2D eigenvalue weighted by atomic mass is 19.1. The van der Waals surface area contributed by atoms with Crippen LogP contribution in [0.4, 0.5) is 10.1 Å². The quantitative estimate of drug-likeness (QED) is 0.153. The van der Waals surface area contributed by atoms with Crippen molar-refractivity contribution in [2.75, 3.05) is 31.6 Å². The van der Waals surface area contributed by atoms with Crippen LogP contribution in [0.15, 0.2) is 73.2 Å². The molecular formula is C35H34FN7O2. The third kappa shape index (κ3) is 6.14. The number of rotatable bonds is 10. The summed E-state index contributed by atoms with van der Waals surface area (Å²) in [7, 11) is 0. The van der Waals surface area contributed by atoms with Gasteiger partial charge in [0.05, 0.1) is 28.8 Å². The standard InChI is InChI=1S/C35H34FN7O2/c1-2-5-33(44)39-26-15-24(20-37-21-26)22-6-7-31-28(17-22)35(42-41-31)32-19-29-30(40-32)8-9-38-34(29)23-14-25(36)18-27(16-23)45-13-12-43-10-3-4-11-43/h6-9,14-21,40H,2-5,10-13H2,1H3,(H,39,44)(H,41,42). The predicted molar refractivity (Wildman–Crippen MR) is 175 cm³/mol. The van der Waals surface area contributed by atoms with Crippen molar-refractivity contribution in [3.63, 3.8) is 0 Å². The Morgan fingerprint density at radius 2 is 1.82 bits per heavy atom. The van der Waals surface area contributed by atoms with Crippen LogP contribution in [-0.2, 0) is 4.79 Å². The molecule has 0 unspecified atom stereocenters. The molecule has 4 aromatic heterocycles. The van der Waals surface area contributed by atoms with Gasteiger partial charge in [0.15, 0.2) is 0 Å². The minimum Gasteiger partial charge on any atom is -0.492 e. The van der Waals surface area contributed by atoms with E-state index in [1.807, 2.05) is 43.3 Å². The van der Waals surface area contributed by atoms with Crippen molar-refractivity contribution in [2.24, 2.45) is 0 Å². The van der Waals surface area contributed by atoms with Crippen LogP contribution < -0.4 is 10.1 Å². The summed E-state index contributed by atoms with van der Waals surface area (Å²) in [4.78, 5) is 27.0. The molecule has 0 bridgehead atoms. The van der Waals surface area contributed by atoms with E-state index >= 15 is 0 Å². The first-order chi connectivity index (χ1) is 22.0. The average molecular weight is 604 g/mol.